The van der Waals surface area contributed by atoms with Crippen LogP contribution in [0.3, 0.4) is 0 Å². The van der Waals surface area contributed by atoms with E-state index in [0.717, 1.165) is 21.6 Å². The molecule has 16 heavy (non-hydrogen) atoms. The van der Waals surface area contributed by atoms with E-state index in [-0.39, 0.29) is 5.91 Å². The van der Waals surface area contributed by atoms with E-state index in [9.17, 15) is 4.79 Å². The van der Waals surface area contributed by atoms with E-state index in [2.05, 4.69) is 30.8 Å². The summed E-state index contributed by atoms with van der Waals surface area (Å²) in [6.45, 7) is 0.504. The quantitative estimate of drug-likeness (QED) is 0.945. The van der Waals surface area contributed by atoms with Gasteiger partial charge in [0.15, 0.2) is 0 Å². The summed E-state index contributed by atoms with van der Waals surface area (Å²) in [5, 5.41) is 6.41. The van der Waals surface area contributed by atoms with Crippen LogP contribution in [0.25, 0.3) is 0 Å². The Balaban J connectivity index is 1.93. The Labute approximate surface area is 105 Å². The van der Waals surface area contributed by atoms with E-state index in [1.54, 1.807) is 0 Å². The average molecular weight is 298 g/mol. The summed E-state index contributed by atoms with van der Waals surface area (Å²) in [6, 6.07) is 7.79. The van der Waals surface area contributed by atoms with Crippen molar-refractivity contribution in [1.82, 2.24) is 14.9 Å². The third-order valence-electron chi connectivity index (χ3n) is 1.95. The highest BCUT2D eigenvalue weighted by Crippen LogP contribution is 2.10. The first-order chi connectivity index (χ1) is 7.75. The Morgan fingerprint density at radius 1 is 1.38 bits per heavy atom. The number of hydrogen-bond donors (Lipinski definition) is 1. The van der Waals surface area contributed by atoms with Crippen molar-refractivity contribution >= 4 is 33.4 Å². The van der Waals surface area contributed by atoms with Crippen LogP contribution in [0, 0.1) is 0 Å². The number of hydrogen-bond acceptors (Lipinski definition) is 4. The second-order valence-electron chi connectivity index (χ2n) is 3.09. The highest BCUT2D eigenvalue weighted by atomic mass is 79.9. The van der Waals surface area contributed by atoms with Crippen LogP contribution in [0.2, 0.25) is 0 Å². The third kappa shape index (κ3) is 2.86. The summed E-state index contributed by atoms with van der Waals surface area (Å²) in [5.41, 5.74) is 1.05. The van der Waals surface area contributed by atoms with Crippen molar-refractivity contribution < 1.29 is 4.79 Å². The lowest BCUT2D eigenvalue weighted by Crippen LogP contribution is -2.21. The summed E-state index contributed by atoms with van der Waals surface area (Å²) in [7, 11) is 0. The molecule has 0 aliphatic rings. The van der Waals surface area contributed by atoms with Crippen LogP contribution in [0.5, 0.6) is 0 Å². The largest absolute Gasteiger partial charge is 0.347 e. The molecule has 0 saturated carbocycles. The molecule has 1 heterocycles. The monoisotopic (exact) mass is 297 g/mol. The van der Waals surface area contributed by atoms with Crippen LogP contribution < -0.4 is 5.32 Å². The fourth-order valence-electron chi connectivity index (χ4n) is 1.14. The van der Waals surface area contributed by atoms with Gasteiger partial charge in [-0.2, -0.15) is 0 Å². The smallest absolute Gasteiger partial charge is 0.264 e. The molecular formula is C10H8BrN3OS. The van der Waals surface area contributed by atoms with E-state index < -0.39 is 0 Å². The van der Waals surface area contributed by atoms with Crippen LogP contribution in [0.1, 0.15) is 15.2 Å². The molecule has 1 aromatic carbocycles. The summed E-state index contributed by atoms with van der Waals surface area (Å²) >= 11 is 4.44. The van der Waals surface area contributed by atoms with Gasteiger partial charge in [-0.3, -0.25) is 4.79 Å². The second-order valence-corrected chi connectivity index (χ2v) is 4.79. The van der Waals surface area contributed by atoms with Gasteiger partial charge in [0.25, 0.3) is 5.91 Å². The molecule has 4 nitrogen and oxygen atoms in total. The minimum Gasteiger partial charge on any atom is -0.347 e. The lowest BCUT2D eigenvalue weighted by atomic mass is 10.2. The highest BCUT2D eigenvalue weighted by molar-refractivity contribution is 9.10. The number of amides is 1. The molecule has 0 unspecified atom stereocenters. The number of carbonyl (C=O) groups is 1. The highest BCUT2D eigenvalue weighted by Gasteiger charge is 2.07. The fourth-order valence-corrected chi connectivity index (χ4v) is 1.83. The predicted molar refractivity (Wildman–Crippen MR) is 65.2 cm³/mol. The van der Waals surface area contributed by atoms with Crippen molar-refractivity contribution in [2.45, 2.75) is 6.54 Å². The van der Waals surface area contributed by atoms with Gasteiger partial charge in [-0.1, -0.05) is 32.6 Å². The summed E-state index contributed by atoms with van der Waals surface area (Å²) in [4.78, 5) is 12.1. The summed E-state index contributed by atoms with van der Waals surface area (Å²) in [6.07, 6.45) is 1.46. The molecule has 82 valence electrons. The van der Waals surface area contributed by atoms with Crippen molar-refractivity contribution in [2.75, 3.05) is 0 Å². The number of aromatic nitrogens is 2. The maximum atomic E-state index is 11.6. The number of halogens is 1. The average Bonchev–Trinajstić information content (AvgIpc) is 2.81. The lowest BCUT2D eigenvalue weighted by molar-refractivity contribution is 0.0955. The molecule has 0 aliphatic carbocycles. The zero-order chi connectivity index (χ0) is 11.4. The van der Waals surface area contributed by atoms with E-state index in [4.69, 9.17) is 0 Å². The van der Waals surface area contributed by atoms with Gasteiger partial charge in [0.2, 0.25) is 0 Å². The Bertz CT molecular complexity index is 469. The van der Waals surface area contributed by atoms with Crippen LogP contribution in [0.15, 0.2) is 34.9 Å². The lowest BCUT2D eigenvalue weighted by Gasteiger charge is -2.03. The Morgan fingerprint density at radius 3 is 2.75 bits per heavy atom. The topological polar surface area (TPSA) is 54.9 Å². The van der Waals surface area contributed by atoms with Crippen LogP contribution in [-0.2, 0) is 6.54 Å². The normalized spacial score (nSPS) is 10.1. The van der Waals surface area contributed by atoms with Crippen LogP contribution in [-0.4, -0.2) is 15.5 Å². The molecule has 2 rings (SSSR count). The molecule has 6 heteroatoms. The van der Waals surface area contributed by atoms with Gasteiger partial charge in [-0.15, -0.1) is 5.10 Å². The molecule has 0 spiro atoms. The zero-order valence-electron chi connectivity index (χ0n) is 8.18. The molecule has 2 aromatic rings. The minimum absolute atomic E-state index is 0.141. The van der Waals surface area contributed by atoms with Gasteiger partial charge < -0.3 is 5.32 Å². The first kappa shape index (κ1) is 11.2. The molecule has 0 atom stereocenters. The van der Waals surface area contributed by atoms with E-state index >= 15 is 0 Å². The molecule has 0 aliphatic heterocycles. The fraction of sp³-hybridized carbons (Fsp3) is 0.100. The zero-order valence-corrected chi connectivity index (χ0v) is 10.6. The molecule has 1 aromatic heterocycles. The van der Waals surface area contributed by atoms with E-state index in [0.29, 0.717) is 11.4 Å². The second kappa shape index (κ2) is 5.18. The van der Waals surface area contributed by atoms with E-state index in [1.807, 2.05) is 24.3 Å². The van der Waals surface area contributed by atoms with Crippen molar-refractivity contribution in [3.63, 3.8) is 0 Å². The number of nitrogens with one attached hydrogen (secondary N) is 1. The SMILES string of the molecule is O=C(NCc1ccc(Br)cc1)c1cnns1. The molecule has 1 N–H and O–H groups in total. The molecule has 0 bridgehead atoms. The first-order valence-electron chi connectivity index (χ1n) is 4.56. The van der Waals surface area contributed by atoms with E-state index in [1.165, 1.54) is 6.20 Å². The minimum atomic E-state index is -0.141. The standard InChI is InChI=1S/C10H8BrN3OS/c11-8-3-1-7(2-4-8)5-12-10(15)9-6-13-14-16-9/h1-4,6H,5H2,(H,12,15). The van der Waals surface area contributed by atoms with Gasteiger partial charge in [0, 0.05) is 11.0 Å². The van der Waals surface area contributed by atoms with Gasteiger partial charge in [0.05, 0.1) is 6.20 Å². The van der Waals surface area contributed by atoms with Gasteiger partial charge in [-0.05, 0) is 29.2 Å². The Hall–Kier alpha value is -1.27. The van der Waals surface area contributed by atoms with Crippen molar-refractivity contribution in [2.24, 2.45) is 0 Å². The van der Waals surface area contributed by atoms with Crippen LogP contribution >= 0.6 is 27.5 Å². The summed E-state index contributed by atoms with van der Waals surface area (Å²) in [5.74, 6) is -0.141. The first-order valence-corrected chi connectivity index (χ1v) is 6.12. The molecule has 0 fully saturated rings. The molecule has 1 amide bonds. The van der Waals surface area contributed by atoms with Crippen molar-refractivity contribution in [3.05, 3.63) is 45.4 Å². The molecule has 0 radical (unpaired) electrons. The molecular weight excluding hydrogens is 290 g/mol. The van der Waals surface area contributed by atoms with Crippen molar-refractivity contribution in [1.29, 1.82) is 0 Å². The number of rotatable bonds is 3. The Kier molecular flexibility index (Phi) is 3.63. The maximum Gasteiger partial charge on any atom is 0.264 e. The summed E-state index contributed by atoms with van der Waals surface area (Å²) < 4.78 is 4.66. The predicted octanol–water partition coefficient (Wildman–Crippen LogP) is 2.23. The Morgan fingerprint density at radius 2 is 2.12 bits per heavy atom. The van der Waals surface area contributed by atoms with Gasteiger partial charge >= 0.3 is 0 Å². The van der Waals surface area contributed by atoms with Gasteiger partial charge in [0.1, 0.15) is 4.88 Å². The third-order valence-corrected chi connectivity index (χ3v) is 3.14. The van der Waals surface area contributed by atoms with Crippen molar-refractivity contribution in [3.8, 4) is 0 Å². The number of carbonyl (C=O) groups excluding carboxylic acids is 1. The molecule has 0 saturated heterocycles. The van der Waals surface area contributed by atoms with Gasteiger partial charge in [-0.25, -0.2) is 0 Å². The number of nitrogens with zero attached hydrogens (tertiary/aromatic N) is 2. The van der Waals surface area contributed by atoms with Crippen LogP contribution in [0.4, 0.5) is 0 Å². The number of benzene rings is 1. The maximum absolute atomic E-state index is 11.6.